The van der Waals surface area contributed by atoms with Gasteiger partial charge in [0.05, 0.1) is 12.8 Å². The average molecular weight is 325 g/mol. The number of benzene rings is 1. The summed E-state index contributed by atoms with van der Waals surface area (Å²) in [4.78, 5) is 12.7. The fourth-order valence-corrected chi connectivity index (χ4v) is 3.83. The number of rotatable bonds is 3. The molecule has 0 aliphatic heterocycles. The Kier molecular flexibility index (Phi) is 5.73. The van der Waals surface area contributed by atoms with Crippen molar-refractivity contribution in [2.75, 3.05) is 12.4 Å². The number of nitrogens with one attached hydrogen (secondary N) is 1. The molecule has 0 aromatic heterocycles. The van der Waals surface area contributed by atoms with Crippen LogP contribution in [0.1, 0.15) is 38.5 Å². The van der Waals surface area contributed by atoms with E-state index in [9.17, 15) is 4.79 Å². The lowest BCUT2D eigenvalue weighted by molar-refractivity contribution is -0.117. The SMILES string of the molecule is COc1ccccc1NC(=O)C1C2CCC=CCCC=CCCC21. The molecule has 2 aliphatic carbocycles. The van der Waals surface area contributed by atoms with E-state index >= 15 is 0 Å². The smallest absolute Gasteiger partial charge is 0.228 e. The Balaban J connectivity index is 1.64. The maximum Gasteiger partial charge on any atom is 0.228 e. The zero-order chi connectivity index (χ0) is 16.8. The average Bonchev–Trinajstić information content (AvgIpc) is 3.28. The van der Waals surface area contributed by atoms with Crippen LogP contribution in [0.15, 0.2) is 48.6 Å². The van der Waals surface area contributed by atoms with Crippen molar-refractivity contribution < 1.29 is 9.53 Å². The fraction of sp³-hybridized carbons (Fsp3) is 0.476. The first-order chi connectivity index (χ1) is 11.8. The lowest BCUT2D eigenvalue weighted by Crippen LogP contribution is -2.16. The van der Waals surface area contributed by atoms with E-state index in [4.69, 9.17) is 4.74 Å². The van der Waals surface area contributed by atoms with Gasteiger partial charge in [-0.15, -0.1) is 0 Å². The summed E-state index contributed by atoms with van der Waals surface area (Å²) in [7, 11) is 1.63. The van der Waals surface area contributed by atoms with Crippen LogP contribution in [0.3, 0.4) is 0 Å². The Hall–Kier alpha value is -2.03. The predicted molar refractivity (Wildman–Crippen MR) is 98.1 cm³/mol. The normalized spacial score (nSPS) is 26.6. The van der Waals surface area contributed by atoms with E-state index in [2.05, 4.69) is 29.6 Å². The van der Waals surface area contributed by atoms with Gasteiger partial charge in [-0.2, -0.15) is 0 Å². The molecule has 2 aliphatic rings. The molecule has 0 saturated heterocycles. The summed E-state index contributed by atoms with van der Waals surface area (Å²) in [6.45, 7) is 0. The van der Waals surface area contributed by atoms with E-state index in [0.717, 1.165) is 50.0 Å². The molecule has 3 rings (SSSR count). The molecule has 1 aromatic rings. The Bertz CT molecular complexity index is 596. The van der Waals surface area contributed by atoms with Crippen molar-refractivity contribution >= 4 is 11.6 Å². The quantitative estimate of drug-likeness (QED) is 0.797. The number of methoxy groups -OCH3 is 1. The third kappa shape index (κ3) is 4.08. The molecule has 24 heavy (non-hydrogen) atoms. The predicted octanol–water partition coefficient (Wildman–Crippen LogP) is 4.96. The molecular weight excluding hydrogens is 298 g/mol. The van der Waals surface area contributed by atoms with Gasteiger partial charge < -0.3 is 10.1 Å². The Morgan fingerprint density at radius 1 is 0.958 bits per heavy atom. The lowest BCUT2D eigenvalue weighted by Gasteiger charge is -2.09. The molecule has 128 valence electrons. The van der Waals surface area contributed by atoms with E-state index in [1.165, 1.54) is 0 Å². The number of allylic oxidation sites excluding steroid dienone is 4. The minimum Gasteiger partial charge on any atom is -0.495 e. The maximum atomic E-state index is 12.7. The molecule has 0 radical (unpaired) electrons. The van der Waals surface area contributed by atoms with Crippen LogP contribution in [0.5, 0.6) is 5.75 Å². The van der Waals surface area contributed by atoms with Crippen LogP contribution in [-0.4, -0.2) is 13.0 Å². The lowest BCUT2D eigenvalue weighted by atomic mass is 10.1. The molecule has 0 heterocycles. The van der Waals surface area contributed by atoms with E-state index in [0.29, 0.717) is 11.8 Å². The van der Waals surface area contributed by atoms with Gasteiger partial charge in [0.1, 0.15) is 5.75 Å². The number of hydrogen-bond donors (Lipinski definition) is 1. The van der Waals surface area contributed by atoms with Crippen molar-refractivity contribution in [1.82, 2.24) is 0 Å². The van der Waals surface area contributed by atoms with Gasteiger partial charge in [-0.3, -0.25) is 4.79 Å². The number of hydrogen-bond acceptors (Lipinski definition) is 2. The second kappa shape index (κ2) is 8.18. The molecule has 1 N–H and O–H groups in total. The van der Waals surface area contributed by atoms with Gasteiger partial charge >= 0.3 is 0 Å². The topological polar surface area (TPSA) is 38.3 Å². The van der Waals surface area contributed by atoms with Gasteiger partial charge in [-0.05, 0) is 62.5 Å². The van der Waals surface area contributed by atoms with Crippen LogP contribution < -0.4 is 10.1 Å². The third-order valence-electron chi connectivity index (χ3n) is 5.17. The summed E-state index contributed by atoms with van der Waals surface area (Å²) in [6.07, 6.45) is 15.8. The molecule has 1 amide bonds. The fourth-order valence-electron chi connectivity index (χ4n) is 3.83. The minimum atomic E-state index is 0.150. The standard InChI is InChI=1S/C21H27NO2/c1-24-19-15-11-10-14-18(19)22-21(23)20-16-12-8-6-4-2-3-5-7-9-13-17(16)20/h4-7,10-11,14-17,20H,2-3,8-9,12-13H2,1H3,(H,22,23). The summed E-state index contributed by atoms with van der Waals surface area (Å²) in [5.41, 5.74) is 0.770. The molecule has 1 aromatic carbocycles. The highest BCUT2D eigenvalue weighted by molar-refractivity contribution is 5.96. The van der Waals surface area contributed by atoms with Crippen molar-refractivity contribution in [1.29, 1.82) is 0 Å². The molecule has 0 spiro atoms. The summed E-state index contributed by atoms with van der Waals surface area (Å²) >= 11 is 0. The van der Waals surface area contributed by atoms with Crippen molar-refractivity contribution in [2.45, 2.75) is 38.5 Å². The molecule has 2 atom stereocenters. The van der Waals surface area contributed by atoms with Crippen LogP contribution in [0.25, 0.3) is 0 Å². The van der Waals surface area contributed by atoms with Crippen LogP contribution in [0, 0.1) is 17.8 Å². The van der Waals surface area contributed by atoms with Crippen molar-refractivity contribution in [2.24, 2.45) is 17.8 Å². The second-order valence-corrected chi connectivity index (χ2v) is 6.72. The van der Waals surface area contributed by atoms with Crippen LogP contribution in [0.4, 0.5) is 5.69 Å². The van der Waals surface area contributed by atoms with Crippen molar-refractivity contribution in [3.63, 3.8) is 0 Å². The van der Waals surface area contributed by atoms with E-state index < -0.39 is 0 Å². The molecular formula is C21H27NO2. The van der Waals surface area contributed by atoms with Gasteiger partial charge in [0, 0.05) is 5.92 Å². The highest BCUT2D eigenvalue weighted by Gasteiger charge is 2.52. The zero-order valence-electron chi connectivity index (χ0n) is 14.4. The molecule has 1 fully saturated rings. The van der Waals surface area contributed by atoms with E-state index in [1.54, 1.807) is 7.11 Å². The first-order valence-corrected chi connectivity index (χ1v) is 9.05. The molecule has 1 saturated carbocycles. The van der Waals surface area contributed by atoms with Crippen molar-refractivity contribution in [3.05, 3.63) is 48.6 Å². The van der Waals surface area contributed by atoms with Gasteiger partial charge in [0.15, 0.2) is 0 Å². The number of amides is 1. The molecule has 3 heteroatoms. The Labute approximate surface area is 144 Å². The number of anilines is 1. The Morgan fingerprint density at radius 3 is 2.17 bits per heavy atom. The summed E-state index contributed by atoms with van der Waals surface area (Å²) < 4.78 is 5.33. The van der Waals surface area contributed by atoms with E-state index in [-0.39, 0.29) is 11.8 Å². The number of fused-ring (bicyclic) bond motifs is 1. The first kappa shape index (κ1) is 16.8. The largest absolute Gasteiger partial charge is 0.495 e. The number of para-hydroxylation sites is 2. The highest BCUT2D eigenvalue weighted by atomic mass is 16.5. The van der Waals surface area contributed by atoms with Gasteiger partial charge in [-0.25, -0.2) is 0 Å². The first-order valence-electron chi connectivity index (χ1n) is 9.05. The monoisotopic (exact) mass is 325 g/mol. The summed E-state index contributed by atoms with van der Waals surface area (Å²) in [5, 5.41) is 3.08. The zero-order valence-corrected chi connectivity index (χ0v) is 14.4. The number of carbonyl (C=O) groups excluding carboxylic acids is 1. The van der Waals surface area contributed by atoms with Gasteiger partial charge in [-0.1, -0.05) is 36.4 Å². The van der Waals surface area contributed by atoms with E-state index in [1.807, 2.05) is 24.3 Å². The van der Waals surface area contributed by atoms with Gasteiger partial charge in [0.2, 0.25) is 5.91 Å². The molecule has 3 nitrogen and oxygen atoms in total. The van der Waals surface area contributed by atoms with Crippen LogP contribution in [-0.2, 0) is 4.79 Å². The summed E-state index contributed by atoms with van der Waals surface area (Å²) in [5.74, 6) is 2.07. The maximum absolute atomic E-state index is 12.7. The second-order valence-electron chi connectivity index (χ2n) is 6.72. The molecule has 2 unspecified atom stereocenters. The number of carbonyl (C=O) groups is 1. The van der Waals surface area contributed by atoms with Gasteiger partial charge in [0.25, 0.3) is 0 Å². The van der Waals surface area contributed by atoms with Crippen molar-refractivity contribution in [3.8, 4) is 5.75 Å². The third-order valence-corrected chi connectivity index (χ3v) is 5.17. The minimum absolute atomic E-state index is 0.150. The van der Waals surface area contributed by atoms with Crippen LogP contribution >= 0.6 is 0 Å². The summed E-state index contributed by atoms with van der Waals surface area (Å²) in [6, 6.07) is 7.61. The highest BCUT2D eigenvalue weighted by Crippen LogP contribution is 2.52. The number of ether oxygens (including phenoxy) is 1. The Morgan fingerprint density at radius 2 is 1.54 bits per heavy atom. The van der Waals surface area contributed by atoms with Crippen LogP contribution in [0.2, 0.25) is 0 Å². The molecule has 0 bridgehead atoms.